The van der Waals surface area contributed by atoms with Crippen molar-refractivity contribution in [3.63, 3.8) is 0 Å². The number of benzene rings is 1. The van der Waals surface area contributed by atoms with Crippen LogP contribution in [0.3, 0.4) is 0 Å². The second-order valence-corrected chi connectivity index (χ2v) is 5.36. The Balaban J connectivity index is 1.99. The van der Waals surface area contributed by atoms with E-state index in [4.69, 9.17) is 0 Å². The van der Waals surface area contributed by atoms with Crippen LogP contribution >= 0.6 is 0 Å². The maximum Gasteiger partial charge on any atom is 0.0841 e. The zero-order chi connectivity index (χ0) is 14.5. The van der Waals surface area contributed by atoms with Crippen molar-refractivity contribution in [2.75, 3.05) is 19.6 Å². The third-order valence-corrected chi connectivity index (χ3v) is 3.88. The van der Waals surface area contributed by atoms with Gasteiger partial charge < -0.3 is 10.2 Å². The number of para-hydroxylation sites is 1. The van der Waals surface area contributed by atoms with Crippen LogP contribution in [0.4, 0.5) is 0 Å². The maximum absolute atomic E-state index is 4.62. The number of nitrogens with zero attached hydrogens (tertiary/aromatic N) is 3. The number of likely N-dealkylation sites (N-methyl/N-ethyl adjacent to an activating group) is 1. The molecule has 0 fully saturated rings. The topological polar surface area (TPSA) is 33.1 Å². The van der Waals surface area contributed by atoms with Crippen LogP contribution in [-0.4, -0.2) is 40.4 Å². The van der Waals surface area contributed by atoms with Gasteiger partial charge in [0.1, 0.15) is 0 Å². The molecule has 2 rings (SSSR count). The molecule has 4 nitrogen and oxygen atoms in total. The van der Waals surface area contributed by atoms with Crippen LogP contribution in [0, 0.1) is 0 Å². The highest BCUT2D eigenvalue weighted by molar-refractivity contribution is 5.81. The van der Waals surface area contributed by atoms with Gasteiger partial charge in [0, 0.05) is 31.6 Å². The number of hydrogen-bond donors (Lipinski definition) is 1. The molecule has 1 atom stereocenters. The molecule has 0 spiro atoms. The van der Waals surface area contributed by atoms with Crippen LogP contribution < -0.4 is 5.32 Å². The van der Waals surface area contributed by atoms with Crippen LogP contribution in [0.15, 0.2) is 24.3 Å². The lowest BCUT2D eigenvalue weighted by molar-refractivity contribution is 0.270. The number of fused-ring (bicyclic) bond motifs is 1. The van der Waals surface area contributed by atoms with Crippen molar-refractivity contribution < 1.29 is 0 Å². The van der Waals surface area contributed by atoms with Crippen LogP contribution in [0.1, 0.15) is 26.5 Å². The molecule has 2 aromatic rings. The summed E-state index contributed by atoms with van der Waals surface area (Å²) in [7, 11) is 2.01. The van der Waals surface area contributed by atoms with Gasteiger partial charge in [0.2, 0.25) is 0 Å². The van der Waals surface area contributed by atoms with E-state index in [1.54, 1.807) is 0 Å². The number of hydrogen-bond acceptors (Lipinski definition) is 3. The molecule has 0 bridgehead atoms. The molecule has 0 amide bonds. The van der Waals surface area contributed by atoms with E-state index >= 15 is 0 Å². The summed E-state index contributed by atoms with van der Waals surface area (Å²) >= 11 is 0. The smallest absolute Gasteiger partial charge is 0.0841 e. The van der Waals surface area contributed by atoms with E-state index in [9.17, 15) is 0 Å². The largest absolute Gasteiger partial charge is 0.307 e. The molecule has 0 saturated heterocycles. The molecule has 0 saturated carbocycles. The standard InChI is InChI=1S/C16H26N4/c1-5-20(6-2)12-13(3)17-11-15-14-9-7-8-10-16(14)19(4)18-15/h7-10,13,17H,5-6,11-12H2,1-4H3. The summed E-state index contributed by atoms with van der Waals surface area (Å²) < 4.78 is 1.96. The van der Waals surface area contributed by atoms with Crippen molar-refractivity contribution in [3.8, 4) is 0 Å². The maximum atomic E-state index is 4.62. The van der Waals surface area contributed by atoms with Crippen LogP contribution in [0.5, 0.6) is 0 Å². The highest BCUT2D eigenvalue weighted by Gasteiger charge is 2.10. The lowest BCUT2D eigenvalue weighted by Gasteiger charge is -2.23. The minimum atomic E-state index is 0.468. The zero-order valence-corrected chi connectivity index (χ0v) is 13.1. The first-order valence-electron chi connectivity index (χ1n) is 7.52. The summed E-state index contributed by atoms with van der Waals surface area (Å²) in [5.41, 5.74) is 2.33. The SMILES string of the molecule is CCN(CC)CC(C)NCc1nn(C)c2ccccc12. The molecular weight excluding hydrogens is 248 g/mol. The summed E-state index contributed by atoms with van der Waals surface area (Å²) in [6.07, 6.45) is 0. The third kappa shape index (κ3) is 3.38. The predicted octanol–water partition coefficient (Wildman–Crippen LogP) is 2.39. The minimum absolute atomic E-state index is 0.468. The lowest BCUT2D eigenvalue weighted by atomic mass is 10.2. The van der Waals surface area contributed by atoms with Crippen molar-refractivity contribution in [1.82, 2.24) is 20.0 Å². The Kier molecular flexibility index (Phi) is 5.15. The summed E-state index contributed by atoms with van der Waals surface area (Å²) in [5.74, 6) is 0. The molecule has 1 aromatic carbocycles. The Morgan fingerprint density at radius 3 is 2.65 bits per heavy atom. The molecule has 0 aliphatic heterocycles. The van der Waals surface area contributed by atoms with Crippen molar-refractivity contribution in [1.29, 1.82) is 0 Å². The monoisotopic (exact) mass is 274 g/mol. The Morgan fingerprint density at radius 2 is 1.95 bits per heavy atom. The van der Waals surface area contributed by atoms with Crippen LogP contribution in [0.25, 0.3) is 10.9 Å². The first kappa shape index (κ1) is 15.0. The minimum Gasteiger partial charge on any atom is -0.307 e. The summed E-state index contributed by atoms with van der Waals surface area (Å²) in [6.45, 7) is 10.8. The number of aromatic nitrogens is 2. The molecular formula is C16H26N4. The molecule has 0 aliphatic rings. The van der Waals surface area contributed by atoms with Gasteiger partial charge in [0.05, 0.1) is 11.2 Å². The molecule has 1 unspecified atom stereocenters. The predicted molar refractivity (Wildman–Crippen MR) is 84.8 cm³/mol. The summed E-state index contributed by atoms with van der Waals surface area (Å²) in [5, 5.41) is 9.46. The Hall–Kier alpha value is -1.39. The highest BCUT2D eigenvalue weighted by Crippen LogP contribution is 2.17. The van der Waals surface area contributed by atoms with Gasteiger partial charge in [-0.2, -0.15) is 5.10 Å². The first-order valence-corrected chi connectivity index (χ1v) is 7.52. The molecule has 4 heteroatoms. The Bertz CT molecular complexity index is 542. The molecule has 1 N–H and O–H groups in total. The number of aryl methyl sites for hydroxylation is 1. The lowest BCUT2D eigenvalue weighted by Crippen LogP contribution is -2.38. The van der Waals surface area contributed by atoms with Crippen molar-refractivity contribution >= 4 is 10.9 Å². The van der Waals surface area contributed by atoms with E-state index in [2.05, 4.69) is 60.4 Å². The van der Waals surface area contributed by atoms with Crippen LogP contribution in [-0.2, 0) is 13.6 Å². The Labute approximate surface area is 121 Å². The molecule has 0 aliphatic carbocycles. The fraction of sp³-hybridized carbons (Fsp3) is 0.562. The number of nitrogens with one attached hydrogen (secondary N) is 1. The van der Waals surface area contributed by atoms with E-state index in [0.29, 0.717) is 6.04 Å². The molecule has 1 aromatic heterocycles. The van der Waals surface area contributed by atoms with Crippen molar-refractivity contribution in [2.45, 2.75) is 33.4 Å². The van der Waals surface area contributed by atoms with Gasteiger partial charge in [0.25, 0.3) is 0 Å². The zero-order valence-electron chi connectivity index (χ0n) is 13.1. The molecule has 0 radical (unpaired) electrons. The average Bonchev–Trinajstić information content (AvgIpc) is 2.80. The van der Waals surface area contributed by atoms with Crippen molar-refractivity contribution in [3.05, 3.63) is 30.0 Å². The number of rotatable bonds is 7. The van der Waals surface area contributed by atoms with Gasteiger partial charge in [-0.15, -0.1) is 0 Å². The Morgan fingerprint density at radius 1 is 1.25 bits per heavy atom. The van der Waals surface area contributed by atoms with E-state index in [1.807, 2.05) is 11.7 Å². The van der Waals surface area contributed by atoms with Gasteiger partial charge in [-0.05, 0) is 26.1 Å². The normalized spacial score (nSPS) is 13.2. The molecule has 1 heterocycles. The summed E-state index contributed by atoms with van der Waals surface area (Å²) in [4.78, 5) is 2.44. The van der Waals surface area contributed by atoms with Crippen LogP contribution in [0.2, 0.25) is 0 Å². The van der Waals surface area contributed by atoms with Gasteiger partial charge in [-0.3, -0.25) is 4.68 Å². The fourth-order valence-electron chi connectivity index (χ4n) is 2.62. The van der Waals surface area contributed by atoms with Gasteiger partial charge in [-0.25, -0.2) is 0 Å². The molecule has 20 heavy (non-hydrogen) atoms. The third-order valence-electron chi connectivity index (χ3n) is 3.88. The quantitative estimate of drug-likeness (QED) is 0.841. The second kappa shape index (κ2) is 6.86. The fourth-order valence-corrected chi connectivity index (χ4v) is 2.62. The van der Waals surface area contributed by atoms with E-state index in [0.717, 1.165) is 31.9 Å². The van der Waals surface area contributed by atoms with Gasteiger partial charge >= 0.3 is 0 Å². The van der Waals surface area contributed by atoms with Gasteiger partial charge in [0.15, 0.2) is 0 Å². The summed E-state index contributed by atoms with van der Waals surface area (Å²) in [6, 6.07) is 8.87. The van der Waals surface area contributed by atoms with Gasteiger partial charge in [-0.1, -0.05) is 32.0 Å². The molecule has 110 valence electrons. The average molecular weight is 274 g/mol. The van der Waals surface area contributed by atoms with Crippen molar-refractivity contribution in [2.24, 2.45) is 7.05 Å². The highest BCUT2D eigenvalue weighted by atomic mass is 15.3. The van der Waals surface area contributed by atoms with E-state index < -0.39 is 0 Å². The first-order chi connectivity index (χ1) is 9.65. The van der Waals surface area contributed by atoms with E-state index in [1.165, 1.54) is 10.9 Å². The van der Waals surface area contributed by atoms with E-state index in [-0.39, 0.29) is 0 Å². The second-order valence-electron chi connectivity index (χ2n) is 5.36.